The molecule has 5 nitrogen and oxygen atoms in total. The minimum atomic E-state index is -3.29. The Morgan fingerprint density at radius 1 is 1.20 bits per heavy atom. The van der Waals surface area contributed by atoms with Gasteiger partial charge in [0, 0.05) is 17.3 Å². The summed E-state index contributed by atoms with van der Waals surface area (Å²) in [5, 5.41) is 3.22. The van der Waals surface area contributed by atoms with Crippen LogP contribution in [0.1, 0.15) is 37.6 Å². The van der Waals surface area contributed by atoms with E-state index in [2.05, 4.69) is 17.0 Å². The molecule has 0 amide bonds. The average molecular weight is 298 g/mol. The van der Waals surface area contributed by atoms with Crippen LogP contribution in [0.3, 0.4) is 0 Å². The van der Waals surface area contributed by atoms with Crippen LogP contribution in [0.4, 0.5) is 5.69 Å². The van der Waals surface area contributed by atoms with Crippen LogP contribution in [-0.4, -0.2) is 32.5 Å². The first-order valence-corrected chi connectivity index (χ1v) is 8.50. The number of anilines is 1. The number of hydrogen-bond donors (Lipinski definition) is 2. The molecule has 20 heavy (non-hydrogen) atoms. The van der Waals surface area contributed by atoms with Gasteiger partial charge in [0.25, 0.3) is 0 Å². The third-order valence-corrected chi connectivity index (χ3v) is 3.62. The van der Waals surface area contributed by atoms with Crippen molar-refractivity contribution in [2.24, 2.45) is 0 Å². The lowest BCUT2D eigenvalue weighted by atomic mass is 10.0. The van der Waals surface area contributed by atoms with Gasteiger partial charge in [0.2, 0.25) is 10.0 Å². The standard InChI is InChI=1S/C14H22N2O3S/c1-5-10(2)15-11(3)14(17)12-6-8-13(9-7-12)16-20(4,18)19/h6-11,15-16H,5H2,1-4H3/t10-,11-/m0/s1. The van der Waals surface area contributed by atoms with Crippen LogP contribution in [0.2, 0.25) is 0 Å². The first-order valence-electron chi connectivity index (χ1n) is 6.61. The SMILES string of the molecule is CC[C@H](C)N[C@@H](C)C(=O)c1ccc(NS(C)(=O)=O)cc1. The zero-order valence-corrected chi connectivity index (χ0v) is 13.1. The second kappa shape index (κ2) is 6.85. The molecule has 1 rings (SSSR count). The number of ketones is 1. The van der Waals surface area contributed by atoms with E-state index in [1.165, 1.54) is 0 Å². The molecule has 0 heterocycles. The fourth-order valence-electron chi connectivity index (χ4n) is 1.79. The maximum absolute atomic E-state index is 12.2. The Morgan fingerprint density at radius 2 is 1.75 bits per heavy atom. The number of Topliss-reactive ketones (excluding diaryl/α,β-unsaturated/α-hetero) is 1. The molecule has 0 aromatic heterocycles. The van der Waals surface area contributed by atoms with Gasteiger partial charge >= 0.3 is 0 Å². The van der Waals surface area contributed by atoms with Crippen molar-refractivity contribution in [2.75, 3.05) is 11.0 Å². The van der Waals surface area contributed by atoms with E-state index in [0.717, 1.165) is 12.7 Å². The van der Waals surface area contributed by atoms with Crippen molar-refractivity contribution >= 4 is 21.5 Å². The lowest BCUT2D eigenvalue weighted by Gasteiger charge is -2.17. The molecule has 0 aliphatic heterocycles. The van der Waals surface area contributed by atoms with Crippen LogP contribution < -0.4 is 10.0 Å². The first-order chi connectivity index (χ1) is 9.23. The molecule has 6 heteroatoms. The predicted octanol–water partition coefficient (Wildman–Crippen LogP) is 2.02. The van der Waals surface area contributed by atoms with Crippen molar-refractivity contribution in [1.29, 1.82) is 0 Å². The van der Waals surface area contributed by atoms with E-state index in [0.29, 0.717) is 11.3 Å². The number of hydrogen-bond acceptors (Lipinski definition) is 4. The molecule has 0 unspecified atom stereocenters. The molecule has 0 bridgehead atoms. The van der Waals surface area contributed by atoms with Crippen LogP contribution in [0.25, 0.3) is 0 Å². The van der Waals surface area contributed by atoms with Gasteiger partial charge in [0.05, 0.1) is 12.3 Å². The third kappa shape index (κ3) is 5.30. The second-order valence-corrected chi connectivity index (χ2v) is 6.76. The van der Waals surface area contributed by atoms with E-state index in [1.807, 2.05) is 13.8 Å². The average Bonchev–Trinajstić information content (AvgIpc) is 2.36. The monoisotopic (exact) mass is 298 g/mol. The molecule has 0 saturated carbocycles. The van der Waals surface area contributed by atoms with Crippen molar-refractivity contribution in [3.8, 4) is 0 Å². The summed E-state index contributed by atoms with van der Waals surface area (Å²) in [5.41, 5.74) is 1.01. The highest BCUT2D eigenvalue weighted by Gasteiger charge is 2.16. The Hall–Kier alpha value is -1.40. The van der Waals surface area contributed by atoms with Gasteiger partial charge < -0.3 is 5.32 Å². The maximum Gasteiger partial charge on any atom is 0.229 e. The second-order valence-electron chi connectivity index (χ2n) is 5.01. The smallest absolute Gasteiger partial charge is 0.229 e. The Kier molecular flexibility index (Phi) is 5.71. The zero-order chi connectivity index (χ0) is 15.3. The summed E-state index contributed by atoms with van der Waals surface area (Å²) in [4.78, 5) is 12.2. The molecule has 0 fully saturated rings. The summed E-state index contributed by atoms with van der Waals surface area (Å²) in [6.07, 6.45) is 2.04. The molecule has 0 radical (unpaired) electrons. The quantitative estimate of drug-likeness (QED) is 0.755. The largest absolute Gasteiger partial charge is 0.305 e. The molecular formula is C14H22N2O3S. The summed E-state index contributed by atoms with van der Waals surface area (Å²) < 4.78 is 24.6. The van der Waals surface area contributed by atoms with Gasteiger partial charge in [-0.1, -0.05) is 6.92 Å². The highest BCUT2D eigenvalue weighted by molar-refractivity contribution is 7.92. The lowest BCUT2D eigenvalue weighted by Crippen LogP contribution is -2.39. The first kappa shape index (κ1) is 16.7. The minimum absolute atomic E-state index is 0.00351. The molecule has 0 aliphatic carbocycles. The molecule has 2 atom stereocenters. The van der Waals surface area contributed by atoms with Gasteiger partial charge in [-0.05, 0) is 44.5 Å². The normalized spacial score (nSPS) is 14.6. The summed E-state index contributed by atoms with van der Waals surface area (Å²) in [5.74, 6) is -0.00351. The lowest BCUT2D eigenvalue weighted by molar-refractivity contribution is 0.0945. The summed E-state index contributed by atoms with van der Waals surface area (Å²) in [7, 11) is -3.29. The minimum Gasteiger partial charge on any atom is -0.305 e. The molecule has 0 spiro atoms. The van der Waals surface area contributed by atoms with Crippen molar-refractivity contribution in [3.63, 3.8) is 0 Å². The summed E-state index contributed by atoms with van der Waals surface area (Å²) in [6, 6.07) is 6.45. The molecular weight excluding hydrogens is 276 g/mol. The Bertz CT molecular complexity index is 552. The predicted molar refractivity (Wildman–Crippen MR) is 81.6 cm³/mol. The van der Waals surface area contributed by atoms with Crippen molar-refractivity contribution in [3.05, 3.63) is 29.8 Å². The van der Waals surface area contributed by atoms with E-state index < -0.39 is 10.0 Å². The van der Waals surface area contributed by atoms with Crippen molar-refractivity contribution in [1.82, 2.24) is 5.32 Å². The van der Waals surface area contributed by atoms with E-state index >= 15 is 0 Å². The number of rotatable bonds is 7. The van der Waals surface area contributed by atoms with Crippen LogP contribution in [-0.2, 0) is 10.0 Å². The molecule has 1 aromatic carbocycles. The molecule has 0 aliphatic rings. The Morgan fingerprint density at radius 3 is 2.20 bits per heavy atom. The summed E-state index contributed by atoms with van der Waals surface area (Å²) >= 11 is 0. The van der Waals surface area contributed by atoms with Gasteiger partial charge in [-0.3, -0.25) is 9.52 Å². The molecule has 2 N–H and O–H groups in total. The van der Waals surface area contributed by atoms with E-state index in [4.69, 9.17) is 0 Å². The van der Waals surface area contributed by atoms with Crippen LogP contribution >= 0.6 is 0 Å². The van der Waals surface area contributed by atoms with Gasteiger partial charge in [0.1, 0.15) is 0 Å². The number of sulfonamides is 1. The third-order valence-electron chi connectivity index (χ3n) is 3.01. The van der Waals surface area contributed by atoms with Crippen molar-refractivity contribution in [2.45, 2.75) is 39.3 Å². The highest BCUT2D eigenvalue weighted by Crippen LogP contribution is 2.12. The fourth-order valence-corrected chi connectivity index (χ4v) is 2.35. The number of carbonyl (C=O) groups is 1. The number of carbonyl (C=O) groups excluding carboxylic acids is 1. The van der Waals surface area contributed by atoms with Gasteiger partial charge in [-0.25, -0.2) is 8.42 Å². The highest BCUT2D eigenvalue weighted by atomic mass is 32.2. The van der Waals surface area contributed by atoms with Gasteiger partial charge in [-0.15, -0.1) is 0 Å². The van der Waals surface area contributed by atoms with Gasteiger partial charge in [0.15, 0.2) is 5.78 Å². The van der Waals surface area contributed by atoms with Crippen LogP contribution in [0.5, 0.6) is 0 Å². The Balaban J connectivity index is 2.75. The van der Waals surface area contributed by atoms with E-state index in [1.54, 1.807) is 24.3 Å². The fraction of sp³-hybridized carbons (Fsp3) is 0.500. The van der Waals surface area contributed by atoms with Gasteiger partial charge in [-0.2, -0.15) is 0 Å². The maximum atomic E-state index is 12.2. The topological polar surface area (TPSA) is 75.3 Å². The van der Waals surface area contributed by atoms with E-state index in [9.17, 15) is 13.2 Å². The van der Waals surface area contributed by atoms with Crippen LogP contribution in [0.15, 0.2) is 24.3 Å². The number of benzene rings is 1. The van der Waals surface area contributed by atoms with E-state index in [-0.39, 0.29) is 17.9 Å². The Labute approximate surface area is 120 Å². The molecule has 0 saturated heterocycles. The van der Waals surface area contributed by atoms with Crippen molar-refractivity contribution < 1.29 is 13.2 Å². The summed E-state index contributed by atoms with van der Waals surface area (Å²) in [6.45, 7) is 5.92. The molecule has 1 aromatic rings. The number of nitrogens with one attached hydrogen (secondary N) is 2. The molecule has 112 valence electrons. The van der Waals surface area contributed by atoms with Crippen LogP contribution in [0, 0.1) is 0 Å². The zero-order valence-electron chi connectivity index (χ0n) is 12.3.